The van der Waals surface area contributed by atoms with Gasteiger partial charge in [-0.05, 0) is 31.2 Å². The molecule has 0 aliphatic heterocycles. The molecule has 3 aromatic rings. The van der Waals surface area contributed by atoms with Crippen LogP contribution in [-0.4, -0.2) is 16.1 Å². The number of nitrogens with one attached hydrogen (secondary N) is 1. The van der Waals surface area contributed by atoms with Crippen molar-refractivity contribution in [1.82, 2.24) is 14.9 Å². The third-order valence-electron chi connectivity index (χ3n) is 3.49. The number of rotatable bonds is 5. The number of hydrogen-bond acceptors (Lipinski definition) is 4. The second-order valence-corrected chi connectivity index (χ2v) is 4.92. The lowest BCUT2D eigenvalue weighted by molar-refractivity contribution is 0.476. The zero-order valence-corrected chi connectivity index (χ0v) is 11.8. The third-order valence-corrected chi connectivity index (χ3v) is 3.49. The average molecular weight is 283 g/mol. The SMILES string of the molecule is C[C@H](NCCn1c(=O)oc2ccccc21)c1ccccn1. The molecule has 21 heavy (non-hydrogen) atoms. The first kappa shape index (κ1) is 13.6. The van der Waals surface area contributed by atoms with Crippen molar-refractivity contribution < 1.29 is 4.42 Å². The van der Waals surface area contributed by atoms with Crippen molar-refractivity contribution in [3.8, 4) is 0 Å². The first-order valence-corrected chi connectivity index (χ1v) is 6.98. The number of aromatic nitrogens is 2. The highest BCUT2D eigenvalue weighted by molar-refractivity contribution is 5.72. The molecule has 1 aromatic carbocycles. The highest BCUT2D eigenvalue weighted by atomic mass is 16.4. The summed E-state index contributed by atoms with van der Waals surface area (Å²) < 4.78 is 6.85. The van der Waals surface area contributed by atoms with Gasteiger partial charge in [0.2, 0.25) is 0 Å². The summed E-state index contributed by atoms with van der Waals surface area (Å²) in [5.74, 6) is -0.316. The minimum Gasteiger partial charge on any atom is -0.408 e. The standard InChI is InChI=1S/C16H17N3O2/c1-12(13-6-4-5-9-18-13)17-10-11-19-14-7-2-3-8-15(14)21-16(19)20/h2-9,12,17H,10-11H2,1H3/t12-/m0/s1. The van der Waals surface area contributed by atoms with E-state index in [2.05, 4.69) is 17.2 Å². The van der Waals surface area contributed by atoms with Crippen LogP contribution in [0.2, 0.25) is 0 Å². The molecular formula is C16H17N3O2. The van der Waals surface area contributed by atoms with Crippen molar-refractivity contribution in [2.45, 2.75) is 19.5 Å². The second kappa shape index (κ2) is 5.93. The Hall–Kier alpha value is -2.40. The van der Waals surface area contributed by atoms with E-state index < -0.39 is 0 Å². The molecule has 0 bridgehead atoms. The fraction of sp³-hybridized carbons (Fsp3) is 0.250. The molecule has 108 valence electrons. The van der Waals surface area contributed by atoms with Crippen LogP contribution in [0.5, 0.6) is 0 Å². The van der Waals surface area contributed by atoms with E-state index in [4.69, 9.17) is 4.42 Å². The van der Waals surface area contributed by atoms with E-state index in [1.165, 1.54) is 0 Å². The van der Waals surface area contributed by atoms with Gasteiger partial charge in [0.25, 0.3) is 0 Å². The van der Waals surface area contributed by atoms with Crippen LogP contribution in [0.25, 0.3) is 11.1 Å². The van der Waals surface area contributed by atoms with Crippen LogP contribution in [0, 0.1) is 0 Å². The summed E-state index contributed by atoms with van der Waals surface area (Å²) in [6, 6.07) is 13.4. The molecule has 5 nitrogen and oxygen atoms in total. The summed E-state index contributed by atoms with van der Waals surface area (Å²) >= 11 is 0. The van der Waals surface area contributed by atoms with E-state index in [1.54, 1.807) is 16.8 Å². The molecule has 0 aliphatic carbocycles. The van der Waals surface area contributed by atoms with E-state index in [1.807, 2.05) is 36.4 Å². The van der Waals surface area contributed by atoms with E-state index >= 15 is 0 Å². The normalized spacial score (nSPS) is 12.6. The summed E-state index contributed by atoms with van der Waals surface area (Å²) in [6.45, 7) is 3.28. The van der Waals surface area contributed by atoms with Gasteiger partial charge >= 0.3 is 5.76 Å². The number of fused-ring (bicyclic) bond motifs is 1. The van der Waals surface area contributed by atoms with Gasteiger partial charge in [0.15, 0.2) is 5.58 Å². The molecular weight excluding hydrogens is 266 g/mol. The molecule has 0 radical (unpaired) electrons. The lowest BCUT2D eigenvalue weighted by Crippen LogP contribution is -2.27. The Kier molecular flexibility index (Phi) is 3.83. The number of nitrogens with zero attached hydrogens (tertiary/aromatic N) is 2. The maximum Gasteiger partial charge on any atom is 0.419 e. The number of hydrogen-bond donors (Lipinski definition) is 1. The molecule has 0 unspecified atom stereocenters. The highest BCUT2D eigenvalue weighted by Gasteiger charge is 2.09. The summed E-state index contributed by atoms with van der Waals surface area (Å²) in [5, 5.41) is 3.37. The van der Waals surface area contributed by atoms with Crippen LogP contribution in [0.15, 0.2) is 57.9 Å². The van der Waals surface area contributed by atoms with E-state index in [9.17, 15) is 4.79 Å². The van der Waals surface area contributed by atoms with Gasteiger partial charge in [0, 0.05) is 25.3 Å². The number of benzene rings is 1. The molecule has 5 heteroatoms. The zero-order chi connectivity index (χ0) is 14.7. The van der Waals surface area contributed by atoms with Gasteiger partial charge in [-0.25, -0.2) is 4.79 Å². The van der Waals surface area contributed by atoms with Crippen LogP contribution in [0.3, 0.4) is 0 Å². The molecule has 0 aliphatic rings. The Morgan fingerprint density at radius 2 is 2.05 bits per heavy atom. The maximum atomic E-state index is 11.8. The number of para-hydroxylation sites is 2. The lowest BCUT2D eigenvalue weighted by Gasteiger charge is -2.13. The maximum absolute atomic E-state index is 11.8. The van der Waals surface area contributed by atoms with Crippen LogP contribution < -0.4 is 11.1 Å². The summed E-state index contributed by atoms with van der Waals surface area (Å²) in [5.41, 5.74) is 2.44. The zero-order valence-electron chi connectivity index (χ0n) is 11.8. The number of oxazole rings is 1. The third kappa shape index (κ3) is 2.87. The Morgan fingerprint density at radius 1 is 1.24 bits per heavy atom. The smallest absolute Gasteiger partial charge is 0.408 e. The van der Waals surface area contributed by atoms with Crippen molar-refractivity contribution in [3.63, 3.8) is 0 Å². The van der Waals surface area contributed by atoms with Crippen molar-refractivity contribution in [1.29, 1.82) is 0 Å². The predicted molar refractivity (Wildman–Crippen MR) is 81.1 cm³/mol. The molecule has 0 saturated heterocycles. The molecule has 2 aromatic heterocycles. The molecule has 3 rings (SSSR count). The topological polar surface area (TPSA) is 60.1 Å². The molecule has 0 fully saturated rings. The van der Waals surface area contributed by atoms with Crippen molar-refractivity contribution in [2.24, 2.45) is 0 Å². The predicted octanol–water partition coefficient (Wildman–Crippen LogP) is 2.34. The van der Waals surface area contributed by atoms with Gasteiger partial charge in [-0.3, -0.25) is 9.55 Å². The van der Waals surface area contributed by atoms with Gasteiger partial charge in [-0.15, -0.1) is 0 Å². The fourth-order valence-electron chi connectivity index (χ4n) is 2.36. The fourth-order valence-corrected chi connectivity index (χ4v) is 2.36. The Morgan fingerprint density at radius 3 is 2.86 bits per heavy atom. The Balaban J connectivity index is 1.67. The molecule has 0 amide bonds. The highest BCUT2D eigenvalue weighted by Crippen LogP contribution is 2.12. The summed E-state index contributed by atoms with van der Waals surface area (Å²) in [6.07, 6.45) is 1.78. The first-order chi connectivity index (χ1) is 10.3. The largest absolute Gasteiger partial charge is 0.419 e. The first-order valence-electron chi connectivity index (χ1n) is 6.98. The molecule has 2 heterocycles. The average Bonchev–Trinajstić information content (AvgIpc) is 2.84. The Labute approximate surface area is 122 Å². The minimum absolute atomic E-state index is 0.139. The van der Waals surface area contributed by atoms with Crippen LogP contribution in [-0.2, 0) is 6.54 Å². The van der Waals surface area contributed by atoms with E-state index in [0.29, 0.717) is 18.7 Å². The van der Waals surface area contributed by atoms with Crippen molar-refractivity contribution in [3.05, 3.63) is 64.9 Å². The molecule has 0 spiro atoms. The monoisotopic (exact) mass is 283 g/mol. The van der Waals surface area contributed by atoms with E-state index in [-0.39, 0.29) is 11.8 Å². The lowest BCUT2D eigenvalue weighted by atomic mass is 10.2. The van der Waals surface area contributed by atoms with Crippen LogP contribution >= 0.6 is 0 Å². The van der Waals surface area contributed by atoms with Crippen LogP contribution in [0.4, 0.5) is 0 Å². The quantitative estimate of drug-likeness (QED) is 0.780. The Bertz CT molecular complexity index is 777. The van der Waals surface area contributed by atoms with Crippen molar-refractivity contribution in [2.75, 3.05) is 6.54 Å². The van der Waals surface area contributed by atoms with Gasteiger partial charge in [0.1, 0.15) is 0 Å². The second-order valence-electron chi connectivity index (χ2n) is 4.92. The van der Waals surface area contributed by atoms with Gasteiger partial charge in [-0.1, -0.05) is 18.2 Å². The summed E-state index contributed by atoms with van der Waals surface area (Å²) in [4.78, 5) is 16.2. The van der Waals surface area contributed by atoms with E-state index in [0.717, 1.165) is 11.2 Å². The van der Waals surface area contributed by atoms with Crippen LogP contribution in [0.1, 0.15) is 18.7 Å². The van der Waals surface area contributed by atoms with Crippen molar-refractivity contribution >= 4 is 11.1 Å². The molecule has 0 saturated carbocycles. The van der Waals surface area contributed by atoms with Gasteiger partial charge in [0.05, 0.1) is 11.2 Å². The molecule has 1 atom stereocenters. The minimum atomic E-state index is -0.316. The number of pyridine rings is 1. The summed E-state index contributed by atoms with van der Waals surface area (Å²) in [7, 11) is 0. The molecule has 1 N–H and O–H groups in total. The van der Waals surface area contributed by atoms with Gasteiger partial charge in [-0.2, -0.15) is 0 Å². The van der Waals surface area contributed by atoms with Gasteiger partial charge < -0.3 is 9.73 Å².